The molecule has 7 heteroatoms. The van der Waals surface area contributed by atoms with E-state index in [0.29, 0.717) is 11.4 Å². The maximum Gasteiger partial charge on any atom is 0.300 e. The molecule has 2 N–H and O–H groups in total. The summed E-state index contributed by atoms with van der Waals surface area (Å²) in [6.07, 6.45) is 11.0. The number of carbonyl (C=O) groups excluding carboxylic acids is 1. The second kappa shape index (κ2) is 7.69. The van der Waals surface area contributed by atoms with Gasteiger partial charge in [0.15, 0.2) is 0 Å². The molecule has 2 aromatic heterocycles. The van der Waals surface area contributed by atoms with Crippen molar-refractivity contribution in [1.82, 2.24) is 15.0 Å². The first-order chi connectivity index (χ1) is 15.5. The Morgan fingerprint density at radius 2 is 2.00 bits per heavy atom. The Balaban J connectivity index is 1.78. The van der Waals surface area contributed by atoms with E-state index in [0.717, 1.165) is 39.6 Å². The van der Waals surface area contributed by atoms with Crippen LogP contribution in [0.2, 0.25) is 0 Å². The molecule has 0 unspecified atom stereocenters. The lowest BCUT2D eigenvalue weighted by molar-refractivity contribution is -0.111. The highest BCUT2D eigenvalue weighted by Gasteiger charge is 2.14. The number of aryl methyl sites for hydroxylation is 1. The van der Waals surface area contributed by atoms with Gasteiger partial charge < -0.3 is 5.32 Å². The Kier molecular flexibility index (Phi) is 4.70. The Labute approximate surface area is 184 Å². The number of terminal acetylenes is 1. The number of hydrogen-bond acceptors (Lipinski definition) is 5. The van der Waals surface area contributed by atoms with Crippen LogP contribution in [0.25, 0.3) is 27.5 Å². The molecule has 156 valence electrons. The highest BCUT2D eigenvalue weighted by atomic mass is 16.1. The fourth-order valence-corrected chi connectivity index (χ4v) is 3.89. The number of pyridine rings is 2. The smallest absolute Gasteiger partial charge is 0.300 e. The van der Waals surface area contributed by atoms with E-state index in [-0.39, 0.29) is 5.56 Å². The summed E-state index contributed by atoms with van der Waals surface area (Å²) in [7, 11) is 0. The molecule has 1 aliphatic rings. The summed E-state index contributed by atoms with van der Waals surface area (Å²) in [5.74, 6) is 1.51. The van der Waals surface area contributed by atoms with E-state index in [1.54, 1.807) is 22.9 Å². The molecule has 1 aliphatic heterocycles. The normalized spacial score (nSPS) is 12.9. The molecule has 2 aromatic carbocycles. The molecule has 0 radical (unpaired) electrons. The third kappa shape index (κ3) is 3.29. The molecule has 32 heavy (non-hydrogen) atoms. The number of nitrogens with one attached hydrogen (secondary N) is 2. The average Bonchev–Trinajstić information content (AvgIpc) is 3.35. The van der Waals surface area contributed by atoms with Crippen molar-refractivity contribution in [2.75, 3.05) is 16.9 Å². The number of aromatic nitrogens is 2. The number of nitrogens with zero attached hydrogens (tertiary/aromatic N) is 3. The summed E-state index contributed by atoms with van der Waals surface area (Å²) < 4.78 is 1.64. The lowest BCUT2D eigenvalue weighted by Gasteiger charge is -2.18. The largest absolute Gasteiger partial charge is 0.315 e. The van der Waals surface area contributed by atoms with Crippen molar-refractivity contribution in [3.8, 4) is 18.0 Å². The molecular formula is C25H19N5O2. The van der Waals surface area contributed by atoms with Crippen LogP contribution in [-0.4, -0.2) is 22.0 Å². The first-order valence-electron chi connectivity index (χ1n) is 10.1. The predicted octanol–water partition coefficient (Wildman–Crippen LogP) is 3.26. The third-order valence-corrected chi connectivity index (χ3v) is 5.47. The molecule has 1 amide bonds. The maximum absolute atomic E-state index is 13.1. The number of benzene rings is 2. The van der Waals surface area contributed by atoms with Gasteiger partial charge in [0, 0.05) is 41.5 Å². The van der Waals surface area contributed by atoms with Gasteiger partial charge in [-0.25, -0.2) is 5.43 Å². The zero-order valence-corrected chi connectivity index (χ0v) is 17.3. The van der Waals surface area contributed by atoms with Gasteiger partial charge in [0.05, 0.1) is 22.4 Å². The van der Waals surface area contributed by atoms with Gasteiger partial charge in [-0.1, -0.05) is 12.1 Å². The quantitative estimate of drug-likeness (QED) is 0.392. The summed E-state index contributed by atoms with van der Waals surface area (Å²) in [6.45, 7) is 2.62. The summed E-state index contributed by atoms with van der Waals surface area (Å²) in [6, 6.07) is 14.7. The van der Waals surface area contributed by atoms with Crippen molar-refractivity contribution >= 4 is 39.1 Å². The average molecular weight is 421 g/mol. The Morgan fingerprint density at radius 3 is 2.78 bits per heavy atom. The van der Waals surface area contributed by atoms with Crippen molar-refractivity contribution in [3.63, 3.8) is 0 Å². The van der Waals surface area contributed by atoms with Gasteiger partial charge in [-0.2, -0.15) is 0 Å². The van der Waals surface area contributed by atoms with Crippen LogP contribution in [0.3, 0.4) is 0 Å². The number of fused-ring (bicyclic) bond motifs is 3. The molecular weight excluding hydrogens is 402 g/mol. The topological polar surface area (TPSA) is 79.3 Å². The number of anilines is 2. The van der Waals surface area contributed by atoms with Gasteiger partial charge >= 0.3 is 0 Å². The Bertz CT molecular complexity index is 1530. The summed E-state index contributed by atoms with van der Waals surface area (Å²) >= 11 is 0. The van der Waals surface area contributed by atoms with E-state index in [1.807, 2.05) is 54.5 Å². The fourth-order valence-electron chi connectivity index (χ4n) is 3.89. The zero-order valence-electron chi connectivity index (χ0n) is 17.3. The number of hydrogen-bond donors (Lipinski definition) is 2. The maximum atomic E-state index is 13.1. The van der Waals surface area contributed by atoms with Crippen LogP contribution in [0.5, 0.6) is 0 Å². The molecule has 0 spiro atoms. The number of amides is 1. The number of hydrazine groups is 1. The van der Waals surface area contributed by atoms with Gasteiger partial charge in [0.2, 0.25) is 0 Å². The minimum Gasteiger partial charge on any atom is -0.315 e. The van der Waals surface area contributed by atoms with E-state index < -0.39 is 5.91 Å². The number of carbonyl (C=O) groups is 1. The van der Waals surface area contributed by atoms with Crippen LogP contribution in [0.15, 0.2) is 71.8 Å². The molecule has 0 atom stereocenters. The van der Waals surface area contributed by atoms with Crippen LogP contribution in [0.4, 0.5) is 11.4 Å². The molecule has 0 saturated carbocycles. The van der Waals surface area contributed by atoms with E-state index in [4.69, 9.17) is 6.42 Å². The lowest BCUT2D eigenvalue weighted by Crippen LogP contribution is -2.28. The zero-order chi connectivity index (χ0) is 22.2. The van der Waals surface area contributed by atoms with E-state index >= 15 is 0 Å². The van der Waals surface area contributed by atoms with Gasteiger partial charge in [-0.3, -0.25) is 24.1 Å². The lowest BCUT2D eigenvalue weighted by atomic mass is 10.1. The van der Waals surface area contributed by atoms with Gasteiger partial charge in [-0.05, 0) is 54.8 Å². The van der Waals surface area contributed by atoms with E-state index in [1.165, 1.54) is 6.07 Å². The monoisotopic (exact) mass is 421 g/mol. The van der Waals surface area contributed by atoms with Crippen LogP contribution < -0.4 is 21.3 Å². The molecule has 5 rings (SSSR count). The first kappa shape index (κ1) is 19.5. The van der Waals surface area contributed by atoms with Crippen LogP contribution >= 0.6 is 0 Å². The molecule has 7 nitrogen and oxygen atoms in total. The summed E-state index contributed by atoms with van der Waals surface area (Å²) in [5, 5.41) is 6.30. The van der Waals surface area contributed by atoms with Gasteiger partial charge in [-0.15, -0.1) is 6.42 Å². The molecule has 0 fully saturated rings. The fraction of sp³-hybridized carbons (Fsp3) is 0.0800. The number of rotatable bonds is 3. The van der Waals surface area contributed by atoms with Gasteiger partial charge in [0.1, 0.15) is 0 Å². The summed E-state index contributed by atoms with van der Waals surface area (Å²) in [5.41, 5.74) is 7.54. The van der Waals surface area contributed by atoms with Crippen molar-refractivity contribution in [2.45, 2.75) is 6.92 Å². The van der Waals surface area contributed by atoms with Gasteiger partial charge in [0.25, 0.3) is 11.5 Å². The summed E-state index contributed by atoms with van der Waals surface area (Å²) in [4.78, 5) is 29.4. The van der Waals surface area contributed by atoms with Crippen molar-refractivity contribution in [2.24, 2.45) is 0 Å². The predicted molar refractivity (Wildman–Crippen MR) is 127 cm³/mol. The van der Waals surface area contributed by atoms with Crippen LogP contribution in [0, 0.1) is 19.3 Å². The minimum absolute atomic E-state index is 0.187. The molecule has 4 aromatic rings. The highest BCUT2D eigenvalue weighted by Crippen LogP contribution is 2.29. The van der Waals surface area contributed by atoms with Crippen molar-refractivity contribution in [1.29, 1.82) is 0 Å². The second-order valence-electron chi connectivity index (χ2n) is 7.49. The molecule has 0 aliphatic carbocycles. The Morgan fingerprint density at radius 1 is 1.16 bits per heavy atom. The highest BCUT2D eigenvalue weighted by molar-refractivity contribution is 6.06. The second-order valence-corrected chi connectivity index (χ2v) is 7.49. The van der Waals surface area contributed by atoms with Crippen molar-refractivity contribution < 1.29 is 4.79 Å². The molecule has 0 saturated heterocycles. The van der Waals surface area contributed by atoms with Crippen LogP contribution in [-0.2, 0) is 4.79 Å². The third-order valence-electron chi connectivity index (χ3n) is 5.47. The standard InChI is InChI=1S/C25H19N5O2/c1-3-23(31)28-22-14-19(7-5-16(22)2)30-24(32)10-6-17-15-26-21-9-8-18(13-20(21)25(17)30)29-12-4-11-27-29/h1,4-10,12-15,27H,11H2,2H3,(H,28,31). The van der Waals surface area contributed by atoms with E-state index in [9.17, 15) is 9.59 Å². The SMILES string of the molecule is C#CC(=O)Nc1cc(-n2c(=O)ccc3cnc4ccc(N5C=CCN5)cc4c32)ccc1C. The van der Waals surface area contributed by atoms with Crippen molar-refractivity contribution in [3.05, 3.63) is 82.9 Å². The Hall–Kier alpha value is -4.41. The van der Waals surface area contributed by atoms with E-state index in [2.05, 4.69) is 21.6 Å². The minimum atomic E-state index is -0.541. The van der Waals surface area contributed by atoms with Crippen LogP contribution in [0.1, 0.15) is 5.56 Å². The molecule has 0 bridgehead atoms. The first-order valence-corrected chi connectivity index (χ1v) is 10.1. The molecule has 3 heterocycles.